The second-order valence-electron chi connectivity index (χ2n) is 9.03. The summed E-state index contributed by atoms with van der Waals surface area (Å²) in [5.74, 6) is -0.497. The van der Waals surface area contributed by atoms with Crippen molar-refractivity contribution in [1.82, 2.24) is 4.57 Å². The van der Waals surface area contributed by atoms with Crippen LogP contribution in [-0.2, 0) is 22.8 Å². The first kappa shape index (κ1) is 25.5. The second-order valence-corrected chi connectivity index (χ2v) is 11.0. The Morgan fingerprint density at radius 1 is 0.917 bits per heavy atom. The summed E-state index contributed by atoms with van der Waals surface area (Å²) in [6, 6.07) is 22.0. The number of benzene rings is 3. The second kappa shape index (κ2) is 10.2. The van der Waals surface area contributed by atoms with Gasteiger partial charge in [-0.1, -0.05) is 66.7 Å². The van der Waals surface area contributed by atoms with Crippen molar-refractivity contribution in [3.63, 3.8) is 0 Å². The highest BCUT2D eigenvalue weighted by Crippen LogP contribution is 2.30. The van der Waals surface area contributed by atoms with Gasteiger partial charge in [-0.25, -0.2) is 12.8 Å². The molecule has 0 saturated heterocycles. The van der Waals surface area contributed by atoms with Crippen LogP contribution in [0.5, 0.6) is 0 Å². The van der Waals surface area contributed by atoms with Crippen molar-refractivity contribution >= 4 is 9.84 Å². The summed E-state index contributed by atoms with van der Waals surface area (Å²) >= 11 is 0. The molecule has 0 bridgehead atoms. The number of pyridine rings is 1. The van der Waals surface area contributed by atoms with Gasteiger partial charge >= 0.3 is 0 Å². The topological polar surface area (TPSA) is 82.2 Å². The van der Waals surface area contributed by atoms with E-state index in [2.05, 4.69) is 0 Å². The van der Waals surface area contributed by atoms with Crippen LogP contribution in [0.25, 0.3) is 11.1 Å². The molecule has 2 N–H and O–H groups in total. The third-order valence-electron chi connectivity index (χ3n) is 6.62. The quantitative estimate of drug-likeness (QED) is 0.385. The molecule has 0 aliphatic carbocycles. The largest absolute Gasteiger partial charge is 0.322 e. The lowest BCUT2D eigenvalue weighted by atomic mass is 9.92. The van der Waals surface area contributed by atoms with Crippen LogP contribution in [0.3, 0.4) is 0 Å². The van der Waals surface area contributed by atoms with Crippen molar-refractivity contribution in [3.05, 3.63) is 123 Å². The van der Waals surface area contributed by atoms with Gasteiger partial charge in [0.15, 0.2) is 9.84 Å². The van der Waals surface area contributed by atoms with Gasteiger partial charge in [0, 0.05) is 36.5 Å². The number of aromatic nitrogens is 1. The standard InChI is InChI=1S/C29H29FN2O3S/c1-19-24(17-22-13-7-10-16-27(22)36(3,34)35)20(2)32(18-26(31)21-11-5-4-6-12-21)29(33)28(19)23-14-8-9-15-25(23)30/h4-16,26H,17-18,31H2,1-3H3. The molecule has 0 radical (unpaired) electrons. The average Bonchev–Trinajstić information content (AvgIpc) is 2.85. The van der Waals surface area contributed by atoms with Gasteiger partial charge in [-0.05, 0) is 48.2 Å². The van der Waals surface area contributed by atoms with Crippen LogP contribution in [-0.4, -0.2) is 19.2 Å². The molecule has 186 valence electrons. The first-order valence-corrected chi connectivity index (χ1v) is 13.5. The molecule has 3 aromatic carbocycles. The summed E-state index contributed by atoms with van der Waals surface area (Å²) < 4.78 is 41.4. The van der Waals surface area contributed by atoms with Crippen LogP contribution in [0.4, 0.5) is 4.39 Å². The maximum absolute atomic E-state index is 14.9. The fourth-order valence-corrected chi connectivity index (χ4v) is 5.64. The molecule has 1 heterocycles. The van der Waals surface area contributed by atoms with E-state index >= 15 is 0 Å². The highest BCUT2D eigenvalue weighted by molar-refractivity contribution is 7.90. The fourth-order valence-electron chi connectivity index (χ4n) is 4.70. The Hall–Kier alpha value is -3.55. The number of hydrogen-bond donors (Lipinski definition) is 1. The maximum Gasteiger partial charge on any atom is 0.259 e. The Labute approximate surface area is 211 Å². The molecule has 1 unspecified atom stereocenters. The molecule has 0 aliphatic heterocycles. The van der Waals surface area contributed by atoms with Crippen molar-refractivity contribution in [2.24, 2.45) is 5.73 Å². The van der Waals surface area contributed by atoms with Gasteiger partial charge in [0.25, 0.3) is 5.56 Å². The predicted octanol–water partition coefficient (Wildman–Crippen LogP) is 4.97. The normalized spacial score (nSPS) is 12.5. The predicted molar refractivity (Wildman–Crippen MR) is 141 cm³/mol. The minimum atomic E-state index is -3.47. The van der Waals surface area contributed by atoms with E-state index in [1.54, 1.807) is 54.0 Å². The highest BCUT2D eigenvalue weighted by atomic mass is 32.2. The minimum Gasteiger partial charge on any atom is -0.322 e. The molecular weight excluding hydrogens is 475 g/mol. The van der Waals surface area contributed by atoms with Crippen LogP contribution < -0.4 is 11.3 Å². The van der Waals surface area contributed by atoms with Crippen LogP contribution >= 0.6 is 0 Å². The van der Waals surface area contributed by atoms with E-state index in [9.17, 15) is 17.6 Å². The SMILES string of the molecule is Cc1c(Cc2ccccc2S(C)(=O)=O)c(C)n(CC(N)c2ccccc2)c(=O)c1-c1ccccc1F. The first-order chi connectivity index (χ1) is 17.1. The monoisotopic (exact) mass is 504 g/mol. The van der Waals surface area contributed by atoms with E-state index in [4.69, 9.17) is 5.73 Å². The highest BCUT2D eigenvalue weighted by Gasteiger charge is 2.23. The van der Waals surface area contributed by atoms with E-state index in [0.717, 1.165) is 11.1 Å². The Morgan fingerprint density at radius 3 is 2.19 bits per heavy atom. The van der Waals surface area contributed by atoms with Gasteiger partial charge in [-0.15, -0.1) is 0 Å². The van der Waals surface area contributed by atoms with E-state index in [-0.39, 0.29) is 34.5 Å². The van der Waals surface area contributed by atoms with Gasteiger partial charge in [-0.2, -0.15) is 0 Å². The number of sulfone groups is 1. The molecule has 0 spiro atoms. The average molecular weight is 505 g/mol. The Morgan fingerprint density at radius 2 is 1.53 bits per heavy atom. The summed E-state index contributed by atoms with van der Waals surface area (Å²) in [5, 5.41) is 0. The van der Waals surface area contributed by atoms with Gasteiger partial charge in [0.2, 0.25) is 0 Å². The Kier molecular flexibility index (Phi) is 7.24. The fraction of sp³-hybridized carbons (Fsp3) is 0.207. The summed E-state index contributed by atoms with van der Waals surface area (Å²) in [5.41, 5.74) is 10.2. The Balaban J connectivity index is 1.95. The minimum absolute atomic E-state index is 0.192. The van der Waals surface area contributed by atoms with E-state index in [1.165, 1.54) is 12.3 Å². The zero-order valence-electron chi connectivity index (χ0n) is 20.5. The maximum atomic E-state index is 14.9. The third kappa shape index (κ3) is 5.03. The molecule has 36 heavy (non-hydrogen) atoms. The third-order valence-corrected chi connectivity index (χ3v) is 7.82. The van der Waals surface area contributed by atoms with Gasteiger partial charge in [-0.3, -0.25) is 4.79 Å². The molecule has 0 fully saturated rings. The Bertz CT molecular complexity index is 1580. The van der Waals surface area contributed by atoms with Crippen LogP contribution in [0.2, 0.25) is 0 Å². The zero-order chi connectivity index (χ0) is 26.0. The molecule has 0 aliphatic rings. The molecule has 4 rings (SSSR count). The number of nitrogens with two attached hydrogens (primary N) is 1. The smallest absolute Gasteiger partial charge is 0.259 e. The number of rotatable bonds is 7. The van der Waals surface area contributed by atoms with Crippen molar-refractivity contribution in [2.75, 3.05) is 6.26 Å². The van der Waals surface area contributed by atoms with Crippen molar-refractivity contribution < 1.29 is 12.8 Å². The molecule has 5 nitrogen and oxygen atoms in total. The molecule has 4 aromatic rings. The van der Waals surface area contributed by atoms with Crippen LogP contribution in [0, 0.1) is 19.7 Å². The lowest BCUT2D eigenvalue weighted by Gasteiger charge is -2.23. The summed E-state index contributed by atoms with van der Waals surface area (Å²) in [4.78, 5) is 14.0. The van der Waals surface area contributed by atoms with Crippen molar-refractivity contribution in [1.29, 1.82) is 0 Å². The molecule has 7 heteroatoms. The van der Waals surface area contributed by atoms with Gasteiger partial charge in [0.05, 0.1) is 10.5 Å². The molecule has 1 atom stereocenters. The van der Waals surface area contributed by atoms with E-state index in [1.807, 2.05) is 37.3 Å². The number of hydrogen-bond acceptors (Lipinski definition) is 4. The molecule has 0 saturated carbocycles. The molecule has 0 amide bonds. The van der Waals surface area contributed by atoms with E-state index in [0.29, 0.717) is 16.8 Å². The molecular formula is C29H29FN2O3S. The number of nitrogens with zero attached hydrogens (tertiary/aromatic N) is 1. The van der Waals surface area contributed by atoms with Crippen LogP contribution in [0.15, 0.2) is 88.6 Å². The lowest BCUT2D eigenvalue weighted by Crippen LogP contribution is -2.31. The summed E-state index contributed by atoms with van der Waals surface area (Å²) in [6.07, 6.45) is 1.44. The molecule has 1 aromatic heterocycles. The lowest BCUT2D eigenvalue weighted by molar-refractivity contribution is 0.547. The van der Waals surface area contributed by atoms with Crippen LogP contribution in [0.1, 0.15) is 34.0 Å². The van der Waals surface area contributed by atoms with Gasteiger partial charge < -0.3 is 10.3 Å². The summed E-state index contributed by atoms with van der Waals surface area (Å²) in [6.45, 7) is 3.81. The zero-order valence-corrected chi connectivity index (χ0v) is 21.3. The van der Waals surface area contributed by atoms with E-state index < -0.39 is 21.7 Å². The first-order valence-electron chi connectivity index (χ1n) is 11.7. The van der Waals surface area contributed by atoms with Crippen molar-refractivity contribution in [3.8, 4) is 11.1 Å². The van der Waals surface area contributed by atoms with Crippen molar-refractivity contribution in [2.45, 2.75) is 37.8 Å². The summed E-state index contributed by atoms with van der Waals surface area (Å²) in [7, 11) is -3.47. The number of halogens is 1. The van der Waals surface area contributed by atoms with Gasteiger partial charge in [0.1, 0.15) is 5.82 Å².